The van der Waals surface area contributed by atoms with E-state index in [4.69, 9.17) is 0 Å². The highest BCUT2D eigenvalue weighted by molar-refractivity contribution is 7.86. The molecule has 0 fully saturated rings. The third-order valence-corrected chi connectivity index (χ3v) is 11.7. The smallest absolute Gasteiger partial charge is 0.294 e. The molecule has 0 aliphatic carbocycles. The summed E-state index contributed by atoms with van der Waals surface area (Å²) in [7, 11) is -9.70. The summed E-state index contributed by atoms with van der Waals surface area (Å²) in [4.78, 5) is -1.23. The number of hydrogen-bond acceptors (Lipinski definition) is 6. The molecule has 53 heavy (non-hydrogen) atoms. The standard InChI is InChI=1S/C43H50N2O6S2/c1-9-30-19-26(5)20-31(10-2)42(30)44-38-17-13-34(23-28(38)7)41(37-16-15-36(52(46,47)48)25-40(37)53(49,50)51)35-14-18-39(29(8)24-35)45-43-32(11-3)21-27(6)22-33(43)12-4/h13-25,41,44-45H,9-12H2,1-8H3,(H,46,47,48)(H,49,50,51). The molecule has 4 N–H and O–H groups in total. The van der Waals surface area contributed by atoms with Crippen LogP contribution in [0.5, 0.6) is 0 Å². The van der Waals surface area contributed by atoms with Gasteiger partial charge in [0.15, 0.2) is 0 Å². The number of benzene rings is 5. The lowest BCUT2D eigenvalue weighted by atomic mass is 9.83. The predicted molar refractivity (Wildman–Crippen MR) is 216 cm³/mol. The van der Waals surface area contributed by atoms with E-state index < -0.39 is 35.9 Å². The molecule has 0 aliphatic heterocycles. The highest BCUT2D eigenvalue weighted by atomic mass is 32.2. The van der Waals surface area contributed by atoms with Crippen LogP contribution in [-0.2, 0) is 45.9 Å². The molecule has 10 heteroatoms. The maximum absolute atomic E-state index is 12.9. The van der Waals surface area contributed by atoms with E-state index in [0.29, 0.717) is 0 Å². The molecular weight excluding hydrogens is 705 g/mol. The second-order valence-electron chi connectivity index (χ2n) is 13.8. The first-order chi connectivity index (χ1) is 25.0. The number of aryl methyl sites for hydroxylation is 8. The largest absolute Gasteiger partial charge is 0.355 e. The van der Waals surface area contributed by atoms with Crippen LogP contribution in [0.1, 0.15) is 94.8 Å². The zero-order valence-corrected chi connectivity index (χ0v) is 33.4. The maximum atomic E-state index is 12.9. The predicted octanol–water partition coefficient (Wildman–Crippen LogP) is 10.3. The molecule has 8 nitrogen and oxygen atoms in total. The van der Waals surface area contributed by atoms with Crippen molar-refractivity contribution in [2.45, 2.75) is 96.8 Å². The quantitative estimate of drug-likeness (QED) is 0.0690. The lowest BCUT2D eigenvalue weighted by Crippen LogP contribution is -2.13. The van der Waals surface area contributed by atoms with E-state index in [-0.39, 0.29) is 5.56 Å². The van der Waals surface area contributed by atoms with Gasteiger partial charge in [0.2, 0.25) is 0 Å². The molecule has 5 aromatic carbocycles. The van der Waals surface area contributed by atoms with E-state index in [1.54, 1.807) is 0 Å². The Labute approximate surface area is 315 Å². The molecule has 0 aromatic heterocycles. The fourth-order valence-electron chi connectivity index (χ4n) is 7.29. The molecule has 0 spiro atoms. The fourth-order valence-corrected chi connectivity index (χ4v) is 8.63. The Kier molecular flexibility index (Phi) is 11.9. The third-order valence-electron chi connectivity index (χ3n) is 9.97. The summed E-state index contributed by atoms with van der Waals surface area (Å²) in [5.74, 6) is -0.739. The average molecular weight is 755 g/mol. The van der Waals surface area contributed by atoms with Gasteiger partial charge in [-0.15, -0.1) is 0 Å². The Morgan fingerprint density at radius 1 is 0.528 bits per heavy atom. The maximum Gasteiger partial charge on any atom is 0.294 e. The van der Waals surface area contributed by atoms with Crippen molar-refractivity contribution in [2.24, 2.45) is 0 Å². The first-order valence-corrected chi connectivity index (χ1v) is 21.0. The molecule has 280 valence electrons. The van der Waals surface area contributed by atoms with Crippen LogP contribution in [0, 0.1) is 27.7 Å². The van der Waals surface area contributed by atoms with E-state index in [9.17, 15) is 25.9 Å². The SMILES string of the molecule is CCc1cc(C)cc(CC)c1Nc1ccc(C(c2ccc(Nc3c(CC)cc(C)cc3CC)c(C)c2)c2ccc(S(=O)(=O)O)cc2S(=O)(=O)O)cc1C. The van der Waals surface area contributed by atoms with Crippen molar-refractivity contribution in [1.82, 2.24) is 0 Å². The van der Waals surface area contributed by atoms with E-state index in [1.807, 2.05) is 50.2 Å². The number of rotatable bonds is 13. The summed E-state index contributed by atoms with van der Waals surface area (Å²) < 4.78 is 70.2. The van der Waals surface area contributed by atoms with Crippen molar-refractivity contribution in [3.63, 3.8) is 0 Å². The van der Waals surface area contributed by atoms with E-state index in [2.05, 4.69) is 76.4 Å². The summed E-state index contributed by atoms with van der Waals surface area (Å²) >= 11 is 0. The molecule has 0 heterocycles. The van der Waals surface area contributed by atoms with Crippen LogP contribution in [0.3, 0.4) is 0 Å². The summed E-state index contributed by atoms with van der Waals surface area (Å²) in [6.07, 6.45) is 3.45. The lowest BCUT2D eigenvalue weighted by molar-refractivity contribution is 0.480. The third kappa shape index (κ3) is 8.68. The Morgan fingerprint density at radius 2 is 0.925 bits per heavy atom. The van der Waals surface area contributed by atoms with Gasteiger partial charge < -0.3 is 10.6 Å². The Balaban J connectivity index is 1.68. The Morgan fingerprint density at radius 3 is 1.25 bits per heavy atom. The minimum Gasteiger partial charge on any atom is -0.355 e. The van der Waals surface area contributed by atoms with E-state index >= 15 is 0 Å². The Bertz CT molecular complexity index is 2240. The van der Waals surface area contributed by atoms with Crippen LogP contribution in [0.2, 0.25) is 0 Å². The molecule has 0 saturated carbocycles. The number of anilines is 4. The highest BCUT2D eigenvalue weighted by Gasteiger charge is 2.28. The molecule has 0 saturated heterocycles. The van der Waals surface area contributed by atoms with Gasteiger partial charge in [-0.3, -0.25) is 9.11 Å². The summed E-state index contributed by atoms with van der Waals surface area (Å²) in [5, 5.41) is 7.33. The molecule has 0 aliphatic rings. The van der Waals surface area contributed by atoms with Crippen molar-refractivity contribution in [3.8, 4) is 0 Å². The summed E-state index contributed by atoms with van der Waals surface area (Å²) in [6.45, 7) is 16.7. The van der Waals surface area contributed by atoms with Gasteiger partial charge in [0.1, 0.15) is 0 Å². The molecule has 0 radical (unpaired) electrons. The van der Waals surface area contributed by atoms with Gasteiger partial charge in [-0.25, -0.2) is 0 Å². The van der Waals surface area contributed by atoms with Gasteiger partial charge >= 0.3 is 0 Å². The van der Waals surface area contributed by atoms with Crippen LogP contribution in [0.15, 0.2) is 88.7 Å². The molecule has 5 aromatic rings. The van der Waals surface area contributed by atoms with Gasteiger partial charge in [0.05, 0.1) is 9.79 Å². The Hall–Kier alpha value is -4.48. The second-order valence-corrected chi connectivity index (χ2v) is 16.6. The van der Waals surface area contributed by atoms with Gasteiger partial charge in [-0.2, -0.15) is 16.8 Å². The molecule has 0 amide bonds. The first kappa shape index (κ1) is 39.7. The molecule has 0 bridgehead atoms. The molecule has 0 unspecified atom stereocenters. The number of hydrogen-bond donors (Lipinski definition) is 4. The van der Waals surface area contributed by atoms with Crippen molar-refractivity contribution in [2.75, 3.05) is 10.6 Å². The topological polar surface area (TPSA) is 133 Å². The van der Waals surface area contributed by atoms with Gasteiger partial charge in [-0.05, 0) is 128 Å². The minimum atomic E-state index is -4.93. The first-order valence-electron chi connectivity index (χ1n) is 18.1. The van der Waals surface area contributed by atoms with Gasteiger partial charge in [0.25, 0.3) is 20.2 Å². The molecule has 5 rings (SSSR count). The zero-order valence-electron chi connectivity index (χ0n) is 31.8. The zero-order chi connectivity index (χ0) is 38.8. The average Bonchev–Trinajstić information content (AvgIpc) is 3.10. The monoisotopic (exact) mass is 754 g/mol. The van der Waals surface area contributed by atoms with Gasteiger partial charge in [-0.1, -0.05) is 93.4 Å². The van der Waals surface area contributed by atoms with Crippen LogP contribution in [0.4, 0.5) is 22.7 Å². The second kappa shape index (κ2) is 15.9. The van der Waals surface area contributed by atoms with Crippen molar-refractivity contribution in [1.29, 1.82) is 0 Å². The molecule has 0 atom stereocenters. The molecular formula is C43H50N2O6S2. The van der Waals surface area contributed by atoms with Crippen molar-refractivity contribution >= 4 is 43.0 Å². The van der Waals surface area contributed by atoms with Crippen LogP contribution in [0.25, 0.3) is 0 Å². The van der Waals surface area contributed by atoms with Crippen molar-refractivity contribution < 1.29 is 25.9 Å². The summed E-state index contributed by atoms with van der Waals surface area (Å²) in [6, 6.07) is 23.8. The number of nitrogens with one attached hydrogen (secondary N) is 2. The normalized spacial score (nSPS) is 12.0. The fraction of sp³-hybridized carbons (Fsp3) is 0.302. The minimum absolute atomic E-state index is 0.167. The van der Waals surface area contributed by atoms with E-state index in [1.165, 1.54) is 39.4 Å². The van der Waals surface area contributed by atoms with Gasteiger partial charge in [0, 0.05) is 28.7 Å². The lowest BCUT2D eigenvalue weighted by Gasteiger charge is -2.25. The summed E-state index contributed by atoms with van der Waals surface area (Å²) in [5.41, 5.74) is 14.7. The van der Waals surface area contributed by atoms with Crippen molar-refractivity contribution in [3.05, 3.63) is 140 Å². The highest BCUT2D eigenvalue weighted by Crippen LogP contribution is 2.40. The van der Waals surface area contributed by atoms with Crippen LogP contribution in [-0.4, -0.2) is 25.9 Å². The van der Waals surface area contributed by atoms with E-state index in [0.717, 1.165) is 82.8 Å². The van der Waals surface area contributed by atoms with Crippen LogP contribution >= 0.6 is 0 Å². The van der Waals surface area contributed by atoms with Crippen LogP contribution < -0.4 is 10.6 Å².